The van der Waals surface area contributed by atoms with Gasteiger partial charge in [0.15, 0.2) is 0 Å². The summed E-state index contributed by atoms with van der Waals surface area (Å²) in [6, 6.07) is 12.4. The molecule has 2 fully saturated rings. The Morgan fingerprint density at radius 1 is 1.10 bits per heavy atom. The summed E-state index contributed by atoms with van der Waals surface area (Å²) in [7, 11) is -3.64. The number of amides is 1. The molecule has 6 nitrogen and oxygen atoms in total. The quantitative estimate of drug-likeness (QED) is 0.760. The van der Waals surface area contributed by atoms with Gasteiger partial charge in [-0.05, 0) is 68.7 Å². The van der Waals surface area contributed by atoms with E-state index < -0.39 is 15.4 Å². The van der Waals surface area contributed by atoms with Crippen molar-refractivity contribution in [3.05, 3.63) is 59.9 Å². The third-order valence-electron chi connectivity index (χ3n) is 6.16. The number of benzene rings is 2. The number of carbonyl (C=O) groups is 1. The van der Waals surface area contributed by atoms with Gasteiger partial charge in [0.1, 0.15) is 5.82 Å². The second kappa shape index (κ2) is 8.33. The van der Waals surface area contributed by atoms with E-state index in [2.05, 4.69) is 5.32 Å². The predicted molar refractivity (Wildman–Crippen MR) is 116 cm³/mol. The number of rotatable bonds is 5. The Hall–Kier alpha value is -2.29. The number of ether oxygens (including phenoxy) is 1. The lowest BCUT2D eigenvalue weighted by Gasteiger charge is -2.40. The maximum atomic E-state index is 13.7. The van der Waals surface area contributed by atoms with Crippen molar-refractivity contribution in [3.8, 4) is 0 Å². The van der Waals surface area contributed by atoms with Crippen LogP contribution in [0.1, 0.15) is 38.7 Å². The number of nitrogens with one attached hydrogen (secondary N) is 1. The highest BCUT2D eigenvalue weighted by Gasteiger charge is 2.45. The fourth-order valence-electron chi connectivity index (χ4n) is 4.40. The number of hydrogen-bond donors (Lipinski definition) is 1. The zero-order chi connectivity index (χ0) is 22.2. The van der Waals surface area contributed by atoms with E-state index in [-0.39, 0.29) is 28.8 Å². The second-order valence-electron chi connectivity index (χ2n) is 8.50. The van der Waals surface area contributed by atoms with Crippen LogP contribution >= 0.6 is 0 Å². The van der Waals surface area contributed by atoms with E-state index in [1.54, 1.807) is 24.3 Å². The summed E-state index contributed by atoms with van der Waals surface area (Å²) in [5.74, 6) is -0.561. The van der Waals surface area contributed by atoms with Gasteiger partial charge < -0.3 is 10.1 Å². The molecule has 1 amide bonds. The van der Waals surface area contributed by atoms with Gasteiger partial charge in [-0.15, -0.1) is 0 Å². The Bertz CT molecular complexity index is 1060. The molecule has 0 bridgehead atoms. The standard InChI is InChI=1S/C23H27FN2O4S/c1-16-14-26(15-17(2)30-16)31(28,29)21-9-7-20(8-10-21)25-22(27)23(11-4-12-23)18-5-3-6-19(24)13-18/h3,5-10,13,16-17H,4,11-12,14-15H2,1-2H3,(H,25,27). The third-order valence-corrected chi connectivity index (χ3v) is 8.00. The van der Waals surface area contributed by atoms with Gasteiger partial charge in [0, 0.05) is 18.8 Å². The van der Waals surface area contributed by atoms with Crippen molar-refractivity contribution in [1.82, 2.24) is 4.31 Å². The molecule has 2 aromatic rings. The van der Waals surface area contributed by atoms with Gasteiger partial charge in [0.25, 0.3) is 0 Å². The largest absolute Gasteiger partial charge is 0.373 e. The van der Waals surface area contributed by atoms with E-state index in [0.717, 1.165) is 6.42 Å². The number of anilines is 1. The van der Waals surface area contributed by atoms with Crippen LogP contribution in [0, 0.1) is 5.82 Å². The predicted octanol–water partition coefficient (Wildman–Crippen LogP) is 3.68. The minimum Gasteiger partial charge on any atom is -0.373 e. The van der Waals surface area contributed by atoms with Gasteiger partial charge in [-0.3, -0.25) is 4.79 Å². The molecule has 2 aliphatic rings. The first kappa shape index (κ1) is 21.9. The Kier molecular flexibility index (Phi) is 5.89. The highest BCUT2D eigenvalue weighted by Crippen LogP contribution is 2.44. The van der Waals surface area contributed by atoms with Crippen LogP contribution in [-0.4, -0.2) is 43.9 Å². The van der Waals surface area contributed by atoms with E-state index in [1.807, 2.05) is 13.8 Å². The normalized spacial score (nSPS) is 23.7. The first-order valence-corrected chi connectivity index (χ1v) is 12.0. The average molecular weight is 447 g/mol. The van der Waals surface area contributed by atoms with Crippen molar-refractivity contribution in [2.24, 2.45) is 0 Å². The number of sulfonamides is 1. The maximum Gasteiger partial charge on any atom is 0.243 e. The Labute approximate surface area is 182 Å². The Balaban J connectivity index is 1.50. The molecule has 0 spiro atoms. The van der Waals surface area contributed by atoms with E-state index in [9.17, 15) is 17.6 Å². The van der Waals surface area contributed by atoms with Crippen molar-refractivity contribution in [2.75, 3.05) is 18.4 Å². The number of carbonyl (C=O) groups excluding carboxylic acids is 1. The molecule has 0 radical (unpaired) electrons. The minimum atomic E-state index is -3.64. The van der Waals surface area contributed by atoms with Crippen LogP contribution in [0.25, 0.3) is 0 Å². The smallest absolute Gasteiger partial charge is 0.243 e. The van der Waals surface area contributed by atoms with Crippen molar-refractivity contribution >= 4 is 21.6 Å². The van der Waals surface area contributed by atoms with Crippen LogP contribution in [-0.2, 0) is 25.0 Å². The summed E-state index contributed by atoms with van der Waals surface area (Å²) >= 11 is 0. The summed E-state index contributed by atoms with van der Waals surface area (Å²) in [4.78, 5) is 13.2. The first-order valence-electron chi connectivity index (χ1n) is 10.5. The van der Waals surface area contributed by atoms with E-state index >= 15 is 0 Å². The highest BCUT2D eigenvalue weighted by atomic mass is 32.2. The molecule has 1 heterocycles. The monoisotopic (exact) mass is 446 g/mol. The lowest BCUT2D eigenvalue weighted by Crippen LogP contribution is -2.48. The fraction of sp³-hybridized carbons (Fsp3) is 0.435. The summed E-state index contributed by atoms with van der Waals surface area (Å²) in [6.45, 7) is 4.32. The van der Waals surface area contributed by atoms with Gasteiger partial charge >= 0.3 is 0 Å². The van der Waals surface area contributed by atoms with Crippen LogP contribution in [0.2, 0.25) is 0 Å². The van der Waals surface area contributed by atoms with Gasteiger partial charge in [-0.2, -0.15) is 4.31 Å². The van der Waals surface area contributed by atoms with Crippen LogP contribution in [0.15, 0.2) is 53.4 Å². The van der Waals surface area contributed by atoms with E-state index in [0.29, 0.717) is 37.2 Å². The molecule has 1 aliphatic heterocycles. The third kappa shape index (κ3) is 4.24. The summed E-state index contributed by atoms with van der Waals surface area (Å²) in [5.41, 5.74) is 0.439. The Morgan fingerprint density at radius 3 is 2.29 bits per heavy atom. The summed E-state index contributed by atoms with van der Waals surface area (Å²) in [6.07, 6.45) is 1.87. The molecule has 166 valence electrons. The van der Waals surface area contributed by atoms with E-state index in [1.165, 1.54) is 28.6 Å². The van der Waals surface area contributed by atoms with Crippen molar-refractivity contribution in [2.45, 2.75) is 55.6 Å². The lowest BCUT2D eigenvalue weighted by molar-refractivity contribution is -0.124. The minimum absolute atomic E-state index is 0.168. The van der Waals surface area contributed by atoms with Crippen molar-refractivity contribution in [1.29, 1.82) is 0 Å². The number of morpholine rings is 1. The average Bonchev–Trinajstić information content (AvgIpc) is 2.67. The lowest BCUT2D eigenvalue weighted by atomic mass is 9.63. The van der Waals surface area contributed by atoms with E-state index in [4.69, 9.17) is 4.74 Å². The van der Waals surface area contributed by atoms with Crippen LogP contribution in [0.3, 0.4) is 0 Å². The molecule has 2 atom stereocenters. The molecule has 8 heteroatoms. The first-order chi connectivity index (χ1) is 14.7. The molecule has 1 N–H and O–H groups in total. The summed E-state index contributed by atoms with van der Waals surface area (Å²) in [5, 5.41) is 2.89. The molecular formula is C23H27FN2O4S. The number of hydrogen-bond acceptors (Lipinski definition) is 4. The maximum absolute atomic E-state index is 13.7. The number of nitrogens with zero attached hydrogens (tertiary/aromatic N) is 1. The molecule has 4 rings (SSSR count). The van der Waals surface area contributed by atoms with Crippen molar-refractivity contribution < 1.29 is 22.3 Å². The topological polar surface area (TPSA) is 75.7 Å². The zero-order valence-corrected chi connectivity index (χ0v) is 18.5. The molecule has 0 aromatic heterocycles. The van der Waals surface area contributed by atoms with Crippen LogP contribution in [0.4, 0.5) is 10.1 Å². The zero-order valence-electron chi connectivity index (χ0n) is 17.7. The SMILES string of the molecule is CC1CN(S(=O)(=O)c2ccc(NC(=O)C3(c4cccc(F)c4)CCC3)cc2)CC(C)O1. The molecule has 2 aromatic carbocycles. The van der Waals surface area contributed by atoms with Crippen LogP contribution < -0.4 is 5.32 Å². The molecular weight excluding hydrogens is 419 g/mol. The van der Waals surface area contributed by atoms with Gasteiger partial charge in [-0.1, -0.05) is 18.6 Å². The second-order valence-corrected chi connectivity index (χ2v) is 10.4. The molecule has 1 saturated heterocycles. The van der Waals surface area contributed by atoms with Crippen molar-refractivity contribution in [3.63, 3.8) is 0 Å². The molecule has 2 unspecified atom stereocenters. The van der Waals surface area contributed by atoms with Gasteiger partial charge in [-0.25, -0.2) is 12.8 Å². The highest BCUT2D eigenvalue weighted by molar-refractivity contribution is 7.89. The molecule has 1 saturated carbocycles. The fourth-order valence-corrected chi connectivity index (χ4v) is 5.99. The molecule has 31 heavy (non-hydrogen) atoms. The summed E-state index contributed by atoms with van der Waals surface area (Å²) < 4.78 is 46.8. The van der Waals surface area contributed by atoms with Gasteiger partial charge in [0.05, 0.1) is 22.5 Å². The Morgan fingerprint density at radius 2 is 1.74 bits per heavy atom. The number of halogens is 1. The molecule has 1 aliphatic carbocycles. The van der Waals surface area contributed by atoms with Crippen LogP contribution in [0.5, 0.6) is 0 Å². The van der Waals surface area contributed by atoms with Gasteiger partial charge in [0.2, 0.25) is 15.9 Å².